The zero-order chi connectivity index (χ0) is 20.7. The third-order valence-electron chi connectivity index (χ3n) is 4.94. The van der Waals surface area contributed by atoms with Crippen LogP contribution in [0.5, 0.6) is 0 Å². The molecule has 0 saturated carbocycles. The van der Waals surface area contributed by atoms with Crippen LogP contribution in [0.25, 0.3) is 45.1 Å². The van der Waals surface area contributed by atoms with Gasteiger partial charge in [0.1, 0.15) is 5.76 Å². The van der Waals surface area contributed by atoms with Gasteiger partial charge in [0.05, 0.1) is 10.9 Å². The van der Waals surface area contributed by atoms with Crippen molar-refractivity contribution in [2.45, 2.75) is 6.92 Å². The van der Waals surface area contributed by atoms with Crippen molar-refractivity contribution < 1.29 is 8.94 Å². The van der Waals surface area contributed by atoms with E-state index in [-0.39, 0.29) is 5.43 Å². The molecule has 0 aliphatic heterocycles. The van der Waals surface area contributed by atoms with E-state index in [4.69, 9.17) is 8.94 Å². The van der Waals surface area contributed by atoms with Gasteiger partial charge in [-0.15, -0.1) is 0 Å². The highest BCUT2D eigenvalue weighted by Gasteiger charge is 2.19. The third kappa shape index (κ3) is 3.15. The van der Waals surface area contributed by atoms with Crippen LogP contribution in [-0.4, -0.2) is 10.1 Å². The first kappa shape index (κ1) is 18.5. The van der Waals surface area contributed by atoms with Gasteiger partial charge in [0.25, 0.3) is 5.89 Å². The Morgan fingerprint density at radius 1 is 0.867 bits per heavy atom. The average Bonchev–Trinajstić information content (AvgIpc) is 3.27. The molecule has 2 aromatic heterocycles. The van der Waals surface area contributed by atoms with Gasteiger partial charge in [-0.25, -0.2) is 0 Å². The fourth-order valence-electron chi connectivity index (χ4n) is 3.39. The van der Waals surface area contributed by atoms with Gasteiger partial charge < -0.3 is 8.94 Å². The van der Waals surface area contributed by atoms with Crippen LogP contribution in [0.4, 0.5) is 0 Å². The minimum Gasteiger partial charge on any atom is -0.455 e. The second-order valence-electron chi connectivity index (χ2n) is 6.86. The van der Waals surface area contributed by atoms with Crippen molar-refractivity contribution in [1.82, 2.24) is 10.1 Å². The van der Waals surface area contributed by atoms with Crippen molar-refractivity contribution in [2.75, 3.05) is 0 Å². The lowest BCUT2D eigenvalue weighted by Gasteiger charge is -2.08. The fraction of sp³-hybridized carbons (Fsp3) is 0.0417. The quantitative estimate of drug-likeness (QED) is 0.319. The molecule has 0 bridgehead atoms. The number of halogens is 1. The second kappa shape index (κ2) is 7.39. The van der Waals surface area contributed by atoms with E-state index in [0.717, 1.165) is 15.6 Å². The lowest BCUT2D eigenvalue weighted by molar-refractivity contribution is 0.432. The van der Waals surface area contributed by atoms with Crippen molar-refractivity contribution in [3.63, 3.8) is 0 Å². The molecule has 2 heterocycles. The summed E-state index contributed by atoms with van der Waals surface area (Å²) in [6, 6.07) is 22.6. The molecule has 0 unspecified atom stereocenters. The Morgan fingerprint density at radius 3 is 2.40 bits per heavy atom. The Morgan fingerprint density at radius 2 is 1.63 bits per heavy atom. The molecule has 0 amide bonds. The van der Waals surface area contributed by atoms with E-state index in [1.807, 2.05) is 60.7 Å². The van der Waals surface area contributed by atoms with E-state index >= 15 is 0 Å². The molecule has 0 fully saturated rings. The number of fused-ring (bicyclic) bond motifs is 1. The Balaban J connectivity index is 1.70. The SMILES string of the molecule is Cc1c(-c2ccccc2)oc2c(-c3nc(-c4ccc(Br)cc4)no3)cccc2c1=O. The molecule has 5 rings (SSSR count). The molecule has 6 heteroatoms. The van der Waals surface area contributed by atoms with Crippen LogP contribution in [-0.2, 0) is 0 Å². The molecule has 0 aliphatic carbocycles. The van der Waals surface area contributed by atoms with Crippen molar-refractivity contribution in [2.24, 2.45) is 0 Å². The highest BCUT2D eigenvalue weighted by molar-refractivity contribution is 9.10. The Kier molecular flexibility index (Phi) is 4.56. The smallest absolute Gasteiger partial charge is 0.262 e. The van der Waals surface area contributed by atoms with Gasteiger partial charge >= 0.3 is 0 Å². The van der Waals surface area contributed by atoms with E-state index in [0.29, 0.717) is 39.6 Å². The van der Waals surface area contributed by atoms with E-state index in [1.165, 1.54) is 0 Å². The molecule has 0 radical (unpaired) electrons. The molecule has 5 aromatic rings. The Hall–Kier alpha value is -3.51. The van der Waals surface area contributed by atoms with Crippen LogP contribution in [0, 0.1) is 6.92 Å². The summed E-state index contributed by atoms with van der Waals surface area (Å²) in [7, 11) is 0. The van der Waals surface area contributed by atoms with Crippen molar-refractivity contribution in [3.05, 3.63) is 93.1 Å². The highest BCUT2D eigenvalue weighted by Crippen LogP contribution is 2.32. The Labute approximate surface area is 180 Å². The maximum atomic E-state index is 13.0. The first-order chi connectivity index (χ1) is 14.6. The summed E-state index contributed by atoms with van der Waals surface area (Å²) in [5.41, 5.74) is 3.16. The van der Waals surface area contributed by atoms with Crippen LogP contribution in [0.15, 0.2) is 91.0 Å². The second-order valence-corrected chi connectivity index (χ2v) is 7.78. The maximum Gasteiger partial charge on any atom is 0.262 e. The van der Waals surface area contributed by atoms with Gasteiger partial charge in [0, 0.05) is 21.2 Å². The van der Waals surface area contributed by atoms with Gasteiger partial charge in [-0.3, -0.25) is 4.79 Å². The van der Waals surface area contributed by atoms with Crippen LogP contribution in [0.2, 0.25) is 0 Å². The molecule has 5 nitrogen and oxygen atoms in total. The van der Waals surface area contributed by atoms with E-state index in [2.05, 4.69) is 26.1 Å². The lowest BCUT2D eigenvalue weighted by atomic mass is 10.0. The summed E-state index contributed by atoms with van der Waals surface area (Å²) in [4.78, 5) is 17.6. The molecular formula is C24H15BrN2O3. The number of nitrogens with zero attached hydrogens (tertiary/aromatic N) is 2. The molecule has 146 valence electrons. The minimum absolute atomic E-state index is 0.0791. The summed E-state index contributed by atoms with van der Waals surface area (Å²) in [6.45, 7) is 1.78. The summed E-state index contributed by atoms with van der Waals surface area (Å²) in [5, 5.41) is 4.58. The molecule has 3 aromatic carbocycles. The fourth-order valence-corrected chi connectivity index (χ4v) is 3.66. The van der Waals surface area contributed by atoms with Gasteiger partial charge in [-0.05, 0) is 43.3 Å². The van der Waals surface area contributed by atoms with Crippen molar-refractivity contribution >= 4 is 26.9 Å². The van der Waals surface area contributed by atoms with Crippen molar-refractivity contribution in [1.29, 1.82) is 0 Å². The standard InChI is InChI=1S/C24H15BrN2O3/c1-14-20(28)18-8-5-9-19(22(18)29-21(14)15-6-3-2-4-7-15)24-26-23(27-30-24)16-10-12-17(25)13-11-16/h2-13H,1H3. The monoisotopic (exact) mass is 458 g/mol. The molecule has 30 heavy (non-hydrogen) atoms. The minimum atomic E-state index is -0.0791. The molecule has 0 aliphatic rings. The predicted molar refractivity (Wildman–Crippen MR) is 119 cm³/mol. The predicted octanol–water partition coefficient (Wildman–Crippen LogP) is 6.25. The first-order valence-corrected chi connectivity index (χ1v) is 10.1. The normalized spacial score (nSPS) is 11.1. The average molecular weight is 459 g/mol. The first-order valence-electron chi connectivity index (χ1n) is 9.33. The topological polar surface area (TPSA) is 69.1 Å². The van der Waals surface area contributed by atoms with Gasteiger partial charge in [-0.1, -0.05) is 57.5 Å². The van der Waals surface area contributed by atoms with Gasteiger partial charge in [0.15, 0.2) is 11.0 Å². The van der Waals surface area contributed by atoms with Crippen LogP contribution in [0.1, 0.15) is 5.56 Å². The largest absolute Gasteiger partial charge is 0.455 e. The number of hydrogen-bond donors (Lipinski definition) is 0. The summed E-state index contributed by atoms with van der Waals surface area (Å²) in [6.07, 6.45) is 0. The molecule has 0 spiro atoms. The van der Waals surface area contributed by atoms with Crippen LogP contribution < -0.4 is 5.43 Å². The molecule has 0 atom stereocenters. The lowest BCUT2D eigenvalue weighted by Crippen LogP contribution is -2.07. The maximum absolute atomic E-state index is 13.0. The number of hydrogen-bond acceptors (Lipinski definition) is 5. The molecular weight excluding hydrogens is 444 g/mol. The Bertz CT molecular complexity index is 1420. The molecule has 0 saturated heterocycles. The van der Waals surface area contributed by atoms with Crippen LogP contribution >= 0.6 is 15.9 Å². The van der Waals surface area contributed by atoms with Gasteiger partial charge in [0.2, 0.25) is 5.82 Å². The molecule has 0 N–H and O–H groups in total. The summed E-state index contributed by atoms with van der Waals surface area (Å²) in [5.74, 6) is 1.30. The number of para-hydroxylation sites is 1. The zero-order valence-electron chi connectivity index (χ0n) is 15.9. The van der Waals surface area contributed by atoms with Crippen molar-refractivity contribution in [3.8, 4) is 34.2 Å². The zero-order valence-corrected chi connectivity index (χ0v) is 17.5. The highest BCUT2D eigenvalue weighted by atomic mass is 79.9. The number of benzene rings is 3. The van der Waals surface area contributed by atoms with E-state index in [1.54, 1.807) is 19.1 Å². The summed E-state index contributed by atoms with van der Waals surface area (Å²) < 4.78 is 12.7. The van der Waals surface area contributed by atoms with Crippen LogP contribution in [0.3, 0.4) is 0 Å². The van der Waals surface area contributed by atoms with Gasteiger partial charge in [-0.2, -0.15) is 4.98 Å². The van der Waals surface area contributed by atoms with E-state index < -0.39 is 0 Å². The number of aromatic nitrogens is 2. The van der Waals surface area contributed by atoms with E-state index in [9.17, 15) is 4.79 Å². The third-order valence-corrected chi connectivity index (χ3v) is 5.47. The summed E-state index contributed by atoms with van der Waals surface area (Å²) >= 11 is 3.42. The number of rotatable bonds is 3.